The molecule has 1 amide bonds. The van der Waals surface area contributed by atoms with E-state index in [9.17, 15) is 4.79 Å². The molecule has 0 unspecified atom stereocenters. The lowest BCUT2D eigenvalue weighted by Crippen LogP contribution is -2.17. The molecular formula is C9H10NO. The van der Waals surface area contributed by atoms with Crippen molar-refractivity contribution in [2.45, 2.75) is 6.42 Å². The SMILES string of the molecule is [CH2]NC(=O)C1=CCC(=C)C=C1. The number of nitrogens with one attached hydrogen (secondary N) is 1. The van der Waals surface area contributed by atoms with Crippen LogP contribution in [0, 0.1) is 7.05 Å². The third kappa shape index (κ3) is 1.80. The Morgan fingerprint density at radius 1 is 1.55 bits per heavy atom. The van der Waals surface area contributed by atoms with E-state index in [1.54, 1.807) is 6.08 Å². The Bertz CT molecular complexity index is 248. The van der Waals surface area contributed by atoms with Crippen LogP contribution in [-0.2, 0) is 4.79 Å². The Morgan fingerprint density at radius 2 is 2.27 bits per heavy atom. The van der Waals surface area contributed by atoms with Crippen LogP contribution in [-0.4, -0.2) is 5.91 Å². The van der Waals surface area contributed by atoms with Gasteiger partial charge < -0.3 is 5.32 Å². The molecule has 0 saturated heterocycles. The molecule has 2 heteroatoms. The Kier molecular flexibility index (Phi) is 2.26. The number of carbonyl (C=O) groups is 1. The van der Waals surface area contributed by atoms with Gasteiger partial charge in [0.05, 0.1) is 0 Å². The molecule has 0 aromatic rings. The molecule has 0 spiro atoms. The molecule has 1 rings (SSSR count). The fourth-order valence-electron chi connectivity index (χ4n) is 0.855. The van der Waals surface area contributed by atoms with Gasteiger partial charge in [-0.25, -0.2) is 0 Å². The first kappa shape index (κ1) is 7.79. The van der Waals surface area contributed by atoms with E-state index >= 15 is 0 Å². The number of rotatable bonds is 1. The lowest BCUT2D eigenvalue weighted by molar-refractivity contribution is -0.116. The van der Waals surface area contributed by atoms with Crippen LogP contribution < -0.4 is 5.32 Å². The van der Waals surface area contributed by atoms with E-state index in [1.165, 1.54) is 0 Å². The first-order valence-corrected chi connectivity index (χ1v) is 3.37. The minimum absolute atomic E-state index is 0.145. The van der Waals surface area contributed by atoms with Crippen LogP contribution in [0.25, 0.3) is 0 Å². The maximum Gasteiger partial charge on any atom is 0.251 e. The summed E-state index contributed by atoms with van der Waals surface area (Å²) < 4.78 is 0. The molecule has 1 N–H and O–H groups in total. The van der Waals surface area contributed by atoms with Gasteiger partial charge in [0, 0.05) is 12.6 Å². The van der Waals surface area contributed by atoms with Crippen LogP contribution in [0.1, 0.15) is 6.42 Å². The van der Waals surface area contributed by atoms with Crippen molar-refractivity contribution in [2.24, 2.45) is 0 Å². The fraction of sp³-hybridized carbons (Fsp3) is 0.111. The molecule has 0 aromatic carbocycles. The Balaban J connectivity index is 2.70. The summed E-state index contributed by atoms with van der Waals surface area (Å²) in [6.07, 6.45) is 6.17. The summed E-state index contributed by atoms with van der Waals surface area (Å²) in [5.41, 5.74) is 1.68. The zero-order chi connectivity index (χ0) is 8.27. The van der Waals surface area contributed by atoms with Crippen molar-refractivity contribution in [1.82, 2.24) is 5.32 Å². The van der Waals surface area contributed by atoms with Gasteiger partial charge in [-0.3, -0.25) is 4.79 Å². The summed E-state index contributed by atoms with van der Waals surface area (Å²) in [4.78, 5) is 11.0. The summed E-state index contributed by atoms with van der Waals surface area (Å²) in [6, 6.07) is 0. The summed E-state index contributed by atoms with van der Waals surface area (Å²) >= 11 is 0. The van der Waals surface area contributed by atoms with Crippen molar-refractivity contribution in [2.75, 3.05) is 0 Å². The van der Waals surface area contributed by atoms with Crippen LogP contribution in [0.5, 0.6) is 0 Å². The summed E-state index contributed by atoms with van der Waals surface area (Å²) in [6.45, 7) is 3.76. The Labute approximate surface area is 66.3 Å². The predicted molar refractivity (Wildman–Crippen MR) is 44.5 cm³/mol. The van der Waals surface area contributed by atoms with Crippen LogP contribution >= 0.6 is 0 Å². The molecule has 0 aliphatic heterocycles. The highest BCUT2D eigenvalue weighted by Crippen LogP contribution is 2.13. The number of carbonyl (C=O) groups excluding carboxylic acids is 1. The Hall–Kier alpha value is -1.31. The van der Waals surface area contributed by atoms with E-state index in [4.69, 9.17) is 0 Å². The molecule has 2 nitrogen and oxygen atoms in total. The molecule has 0 atom stereocenters. The molecular weight excluding hydrogens is 138 g/mol. The summed E-state index contributed by atoms with van der Waals surface area (Å²) in [5, 5.41) is 2.31. The van der Waals surface area contributed by atoms with Gasteiger partial charge >= 0.3 is 0 Å². The predicted octanol–water partition coefficient (Wildman–Crippen LogP) is 1.34. The minimum atomic E-state index is -0.145. The van der Waals surface area contributed by atoms with Gasteiger partial charge in [0.15, 0.2) is 0 Å². The van der Waals surface area contributed by atoms with Crippen molar-refractivity contribution < 1.29 is 4.79 Å². The minimum Gasteiger partial charge on any atom is -0.350 e. The summed E-state index contributed by atoms with van der Waals surface area (Å²) in [7, 11) is 3.28. The molecule has 11 heavy (non-hydrogen) atoms. The first-order valence-electron chi connectivity index (χ1n) is 3.37. The van der Waals surface area contributed by atoms with E-state index in [-0.39, 0.29) is 5.91 Å². The van der Waals surface area contributed by atoms with Crippen LogP contribution in [0.4, 0.5) is 0 Å². The Morgan fingerprint density at radius 3 is 2.73 bits per heavy atom. The summed E-state index contributed by atoms with van der Waals surface area (Å²) in [5.74, 6) is -0.145. The number of hydrogen-bond donors (Lipinski definition) is 1. The lowest BCUT2D eigenvalue weighted by atomic mass is 10.0. The van der Waals surface area contributed by atoms with Gasteiger partial charge in [-0.2, -0.15) is 0 Å². The standard InChI is InChI=1S/C9H10NO/c1-7-3-5-8(6-4-7)9(11)10-2/h3,5-6H,1-2,4H2,(H,10,11). The maximum absolute atomic E-state index is 11.0. The third-order valence-electron chi connectivity index (χ3n) is 1.51. The molecule has 1 aliphatic carbocycles. The van der Waals surface area contributed by atoms with Crippen molar-refractivity contribution >= 4 is 5.91 Å². The fourth-order valence-corrected chi connectivity index (χ4v) is 0.855. The van der Waals surface area contributed by atoms with Gasteiger partial charge in [0.2, 0.25) is 0 Å². The molecule has 0 fully saturated rings. The lowest BCUT2D eigenvalue weighted by Gasteiger charge is -2.05. The topological polar surface area (TPSA) is 29.1 Å². The van der Waals surface area contributed by atoms with Crippen molar-refractivity contribution in [3.63, 3.8) is 0 Å². The highest BCUT2D eigenvalue weighted by molar-refractivity contribution is 5.96. The molecule has 0 heterocycles. The number of amides is 1. The molecule has 1 aliphatic rings. The largest absolute Gasteiger partial charge is 0.350 e. The van der Waals surface area contributed by atoms with E-state index in [0.717, 1.165) is 12.0 Å². The van der Waals surface area contributed by atoms with Crippen molar-refractivity contribution in [1.29, 1.82) is 0 Å². The van der Waals surface area contributed by atoms with E-state index in [0.29, 0.717) is 5.57 Å². The number of hydrogen-bond acceptors (Lipinski definition) is 1. The first-order chi connectivity index (χ1) is 5.24. The smallest absolute Gasteiger partial charge is 0.251 e. The van der Waals surface area contributed by atoms with Crippen LogP contribution in [0.2, 0.25) is 0 Å². The van der Waals surface area contributed by atoms with Gasteiger partial charge in [-0.15, -0.1) is 0 Å². The van der Waals surface area contributed by atoms with Crippen molar-refractivity contribution in [3.8, 4) is 0 Å². The average Bonchev–Trinajstić information content (AvgIpc) is 2.05. The van der Waals surface area contributed by atoms with Gasteiger partial charge in [-0.05, 0) is 12.5 Å². The second kappa shape index (κ2) is 3.19. The second-order valence-corrected chi connectivity index (χ2v) is 2.36. The van der Waals surface area contributed by atoms with Crippen LogP contribution in [0.3, 0.4) is 0 Å². The van der Waals surface area contributed by atoms with Crippen molar-refractivity contribution in [3.05, 3.63) is 43.0 Å². The quantitative estimate of drug-likeness (QED) is 0.597. The second-order valence-electron chi connectivity index (χ2n) is 2.36. The van der Waals surface area contributed by atoms with Crippen LogP contribution in [0.15, 0.2) is 36.0 Å². The molecule has 0 bridgehead atoms. The number of allylic oxidation sites excluding steroid dienone is 3. The third-order valence-corrected chi connectivity index (χ3v) is 1.51. The zero-order valence-corrected chi connectivity index (χ0v) is 6.26. The highest BCUT2D eigenvalue weighted by Gasteiger charge is 2.05. The zero-order valence-electron chi connectivity index (χ0n) is 6.26. The molecule has 0 saturated carbocycles. The molecule has 0 aromatic heterocycles. The normalized spacial score (nSPS) is 16.1. The van der Waals surface area contributed by atoms with Gasteiger partial charge in [0.1, 0.15) is 0 Å². The monoisotopic (exact) mass is 148 g/mol. The highest BCUT2D eigenvalue weighted by atomic mass is 16.1. The molecule has 1 radical (unpaired) electrons. The maximum atomic E-state index is 11.0. The average molecular weight is 148 g/mol. The van der Waals surface area contributed by atoms with E-state index in [2.05, 4.69) is 18.9 Å². The van der Waals surface area contributed by atoms with E-state index in [1.807, 2.05) is 12.2 Å². The molecule has 57 valence electrons. The van der Waals surface area contributed by atoms with E-state index < -0.39 is 0 Å². The van der Waals surface area contributed by atoms with Gasteiger partial charge in [0.25, 0.3) is 5.91 Å². The van der Waals surface area contributed by atoms with Gasteiger partial charge in [-0.1, -0.05) is 24.3 Å².